The molecule has 0 unspecified atom stereocenters. The maximum absolute atomic E-state index is 12.6. The highest BCUT2D eigenvalue weighted by molar-refractivity contribution is 6.04. The van der Waals surface area contributed by atoms with Gasteiger partial charge in [0, 0.05) is 22.5 Å². The van der Waals surface area contributed by atoms with Crippen LogP contribution in [-0.2, 0) is 4.74 Å². The van der Waals surface area contributed by atoms with Gasteiger partial charge in [-0.05, 0) is 76.0 Å². The standard InChI is InChI=1S/C19H24N2O2.ClH/c1-13-9-15-16(11-20-17(15)10-14(13)2)18(22)23-12-19-3-6-21(7-4-19)8-5-19;/h9-11,20H,3-8,12H2,1-2H3;1H. The SMILES string of the molecule is Cc1cc2[nH]cc(C(=O)OCC34CCN(CC3)CC4)c2cc1C.Cl. The zero-order chi connectivity index (χ0) is 16.0. The van der Waals surface area contributed by atoms with Gasteiger partial charge in [0.15, 0.2) is 0 Å². The molecule has 1 aromatic carbocycles. The molecule has 130 valence electrons. The van der Waals surface area contributed by atoms with E-state index in [9.17, 15) is 4.79 Å². The molecule has 0 saturated carbocycles. The maximum atomic E-state index is 12.6. The van der Waals surface area contributed by atoms with Crippen molar-refractivity contribution in [2.45, 2.75) is 33.1 Å². The quantitative estimate of drug-likeness (QED) is 0.857. The molecule has 0 amide bonds. The van der Waals surface area contributed by atoms with Crippen LogP contribution in [0.2, 0.25) is 0 Å². The molecule has 24 heavy (non-hydrogen) atoms. The molecule has 0 spiro atoms. The van der Waals surface area contributed by atoms with Crippen LogP contribution in [0.1, 0.15) is 40.7 Å². The second-order valence-corrected chi connectivity index (χ2v) is 7.35. The molecule has 3 aliphatic rings. The molecular formula is C19H25ClN2O2. The molecule has 5 heteroatoms. The van der Waals surface area contributed by atoms with Crippen LogP contribution in [0.3, 0.4) is 0 Å². The number of nitrogens with zero attached hydrogens (tertiary/aromatic N) is 1. The normalized spacial score (nSPS) is 25.5. The average Bonchev–Trinajstić information content (AvgIpc) is 2.98. The summed E-state index contributed by atoms with van der Waals surface area (Å²) < 4.78 is 5.75. The fraction of sp³-hybridized carbons (Fsp3) is 0.526. The number of aromatic nitrogens is 1. The van der Waals surface area contributed by atoms with Crippen molar-refractivity contribution in [2.75, 3.05) is 26.2 Å². The number of aryl methyl sites for hydroxylation is 2. The van der Waals surface area contributed by atoms with E-state index in [4.69, 9.17) is 4.74 Å². The number of ether oxygens (including phenoxy) is 1. The smallest absolute Gasteiger partial charge is 0.340 e. The Kier molecular flexibility index (Phi) is 4.63. The number of hydrogen-bond acceptors (Lipinski definition) is 3. The fourth-order valence-electron chi connectivity index (χ4n) is 3.96. The molecule has 2 aromatic rings. The summed E-state index contributed by atoms with van der Waals surface area (Å²) in [6.45, 7) is 8.19. The lowest BCUT2D eigenvalue weighted by atomic mass is 9.73. The van der Waals surface area contributed by atoms with Gasteiger partial charge in [-0.2, -0.15) is 0 Å². The van der Waals surface area contributed by atoms with E-state index in [0.29, 0.717) is 12.2 Å². The Bertz CT molecular complexity index is 746. The zero-order valence-corrected chi connectivity index (χ0v) is 15.2. The summed E-state index contributed by atoms with van der Waals surface area (Å²) in [5.74, 6) is -0.193. The monoisotopic (exact) mass is 348 g/mol. The number of benzene rings is 1. The predicted octanol–water partition coefficient (Wildman–Crippen LogP) is 3.85. The second-order valence-electron chi connectivity index (χ2n) is 7.35. The summed E-state index contributed by atoms with van der Waals surface area (Å²) in [5.41, 5.74) is 4.32. The van der Waals surface area contributed by atoms with Gasteiger partial charge in [0.05, 0.1) is 12.2 Å². The molecule has 1 aromatic heterocycles. The van der Waals surface area contributed by atoms with Gasteiger partial charge >= 0.3 is 5.97 Å². The van der Waals surface area contributed by atoms with Crippen LogP contribution in [-0.4, -0.2) is 42.1 Å². The highest BCUT2D eigenvalue weighted by atomic mass is 35.5. The number of nitrogens with one attached hydrogen (secondary N) is 1. The molecule has 1 N–H and O–H groups in total. The van der Waals surface area contributed by atoms with Crippen LogP contribution in [0.5, 0.6) is 0 Å². The molecule has 3 fully saturated rings. The van der Waals surface area contributed by atoms with Gasteiger partial charge < -0.3 is 14.6 Å². The van der Waals surface area contributed by atoms with Gasteiger partial charge in [0.25, 0.3) is 0 Å². The number of fused-ring (bicyclic) bond motifs is 4. The van der Waals surface area contributed by atoms with Gasteiger partial charge in [-0.15, -0.1) is 12.4 Å². The fourth-order valence-corrected chi connectivity index (χ4v) is 3.96. The highest BCUT2D eigenvalue weighted by Crippen LogP contribution is 2.40. The second kappa shape index (κ2) is 6.41. The number of esters is 1. The molecule has 4 nitrogen and oxygen atoms in total. The predicted molar refractivity (Wildman–Crippen MR) is 98.0 cm³/mol. The summed E-state index contributed by atoms with van der Waals surface area (Å²) in [5, 5.41) is 0.967. The van der Waals surface area contributed by atoms with Crippen LogP contribution in [0.25, 0.3) is 10.9 Å². The Morgan fingerprint density at radius 3 is 2.46 bits per heavy atom. The van der Waals surface area contributed by atoms with E-state index in [1.807, 2.05) is 0 Å². The topological polar surface area (TPSA) is 45.3 Å². The van der Waals surface area contributed by atoms with Crippen molar-refractivity contribution in [3.8, 4) is 0 Å². The van der Waals surface area contributed by atoms with Crippen molar-refractivity contribution in [1.29, 1.82) is 0 Å². The van der Waals surface area contributed by atoms with E-state index >= 15 is 0 Å². The summed E-state index contributed by atoms with van der Waals surface area (Å²) in [6.07, 6.45) is 5.26. The minimum absolute atomic E-state index is 0. The number of H-pyrrole nitrogens is 1. The van der Waals surface area contributed by atoms with Crippen molar-refractivity contribution in [2.24, 2.45) is 5.41 Å². The molecule has 5 rings (SSSR count). The van der Waals surface area contributed by atoms with Crippen molar-refractivity contribution in [3.63, 3.8) is 0 Å². The molecule has 0 atom stereocenters. The van der Waals surface area contributed by atoms with Crippen molar-refractivity contribution < 1.29 is 9.53 Å². The summed E-state index contributed by atoms with van der Waals surface area (Å²) >= 11 is 0. The first-order chi connectivity index (χ1) is 11.1. The number of carbonyl (C=O) groups is 1. The van der Waals surface area contributed by atoms with Crippen LogP contribution in [0.4, 0.5) is 0 Å². The highest BCUT2D eigenvalue weighted by Gasteiger charge is 2.40. The molecule has 2 bridgehead atoms. The largest absolute Gasteiger partial charge is 0.461 e. The molecule has 0 radical (unpaired) electrons. The Labute approximate surface area is 149 Å². The van der Waals surface area contributed by atoms with Gasteiger partial charge in [-0.1, -0.05) is 0 Å². The number of carbonyl (C=O) groups excluding carboxylic acids is 1. The van der Waals surface area contributed by atoms with Crippen LogP contribution in [0.15, 0.2) is 18.3 Å². The van der Waals surface area contributed by atoms with E-state index in [-0.39, 0.29) is 23.8 Å². The summed E-state index contributed by atoms with van der Waals surface area (Å²) in [4.78, 5) is 18.3. The number of rotatable bonds is 3. The first kappa shape index (κ1) is 17.3. The number of hydrogen-bond donors (Lipinski definition) is 1. The van der Waals surface area contributed by atoms with Gasteiger partial charge in [-0.3, -0.25) is 0 Å². The third-order valence-electron chi connectivity index (χ3n) is 5.90. The zero-order valence-electron chi connectivity index (χ0n) is 14.4. The molecule has 3 aliphatic heterocycles. The van der Waals surface area contributed by atoms with Crippen LogP contribution in [0, 0.1) is 19.3 Å². The molecule has 4 heterocycles. The van der Waals surface area contributed by atoms with Crippen LogP contribution < -0.4 is 0 Å². The van der Waals surface area contributed by atoms with E-state index in [1.54, 1.807) is 6.20 Å². The van der Waals surface area contributed by atoms with Crippen molar-refractivity contribution in [1.82, 2.24) is 9.88 Å². The minimum Gasteiger partial charge on any atom is -0.461 e. The Hall–Kier alpha value is -1.52. The van der Waals surface area contributed by atoms with Gasteiger partial charge in [0.1, 0.15) is 0 Å². The number of halogens is 1. The van der Waals surface area contributed by atoms with E-state index < -0.39 is 0 Å². The first-order valence-electron chi connectivity index (χ1n) is 8.54. The third-order valence-corrected chi connectivity index (χ3v) is 5.90. The van der Waals surface area contributed by atoms with Gasteiger partial charge in [0.2, 0.25) is 0 Å². The van der Waals surface area contributed by atoms with Crippen LogP contribution >= 0.6 is 12.4 Å². The number of aromatic amines is 1. The summed E-state index contributed by atoms with van der Waals surface area (Å²) in [6, 6.07) is 4.17. The lowest BCUT2D eigenvalue weighted by Gasteiger charge is -2.47. The van der Waals surface area contributed by atoms with E-state index in [1.165, 1.54) is 11.1 Å². The lowest BCUT2D eigenvalue weighted by Crippen LogP contribution is -2.50. The first-order valence-corrected chi connectivity index (χ1v) is 8.54. The van der Waals surface area contributed by atoms with Crippen molar-refractivity contribution >= 4 is 29.3 Å². The van der Waals surface area contributed by atoms with Crippen molar-refractivity contribution in [3.05, 3.63) is 35.0 Å². The average molecular weight is 349 g/mol. The van der Waals surface area contributed by atoms with Gasteiger partial charge in [-0.25, -0.2) is 4.79 Å². The Balaban J connectivity index is 0.00000169. The maximum Gasteiger partial charge on any atom is 0.340 e. The summed E-state index contributed by atoms with van der Waals surface area (Å²) in [7, 11) is 0. The van der Waals surface area contributed by atoms with E-state index in [0.717, 1.165) is 49.8 Å². The molecule has 3 saturated heterocycles. The third kappa shape index (κ3) is 2.93. The van der Waals surface area contributed by atoms with E-state index in [2.05, 4.69) is 35.9 Å². The Morgan fingerprint density at radius 1 is 1.17 bits per heavy atom. The lowest BCUT2D eigenvalue weighted by molar-refractivity contribution is -0.0304. The molecular weight excluding hydrogens is 324 g/mol. The minimum atomic E-state index is -0.193. The number of piperidine rings is 3. The Morgan fingerprint density at radius 2 is 1.79 bits per heavy atom. The molecule has 0 aliphatic carbocycles.